The molecule has 2 N–H and O–H groups in total. The second kappa shape index (κ2) is 3.74. The van der Waals surface area contributed by atoms with E-state index in [9.17, 15) is 4.79 Å². The first-order chi connectivity index (χ1) is 7.20. The van der Waals surface area contributed by atoms with Gasteiger partial charge in [0.15, 0.2) is 5.76 Å². The Bertz CT molecular complexity index is 508. The lowest BCUT2D eigenvalue weighted by Crippen LogP contribution is -2.10. The van der Waals surface area contributed by atoms with E-state index in [1.54, 1.807) is 18.3 Å². The van der Waals surface area contributed by atoms with E-state index in [-0.39, 0.29) is 5.76 Å². The monoisotopic (exact) mass is 222 g/mol. The quantitative estimate of drug-likeness (QED) is 0.846. The molecule has 0 saturated heterocycles. The molecule has 0 bridgehead atoms. The van der Waals surface area contributed by atoms with Gasteiger partial charge < -0.3 is 10.2 Å². The maximum Gasteiger partial charge on any atom is 0.285 e. The van der Waals surface area contributed by atoms with Gasteiger partial charge in [-0.2, -0.15) is 0 Å². The van der Waals surface area contributed by atoms with Crippen LogP contribution in [0, 0.1) is 0 Å². The van der Waals surface area contributed by atoms with E-state index in [0.29, 0.717) is 16.1 Å². The predicted molar refractivity (Wildman–Crippen MR) is 55.5 cm³/mol. The number of primary amides is 1. The zero-order valence-electron chi connectivity index (χ0n) is 7.61. The third kappa shape index (κ3) is 1.71. The first kappa shape index (κ1) is 9.73. The van der Waals surface area contributed by atoms with Crippen molar-refractivity contribution >= 4 is 17.5 Å². The van der Waals surface area contributed by atoms with Crippen molar-refractivity contribution in [2.45, 2.75) is 0 Å². The van der Waals surface area contributed by atoms with Crippen LogP contribution in [0.5, 0.6) is 0 Å². The van der Waals surface area contributed by atoms with Gasteiger partial charge >= 0.3 is 0 Å². The zero-order valence-corrected chi connectivity index (χ0v) is 8.36. The van der Waals surface area contributed by atoms with E-state index in [2.05, 4.69) is 4.98 Å². The van der Waals surface area contributed by atoms with Crippen LogP contribution in [-0.2, 0) is 0 Å². The topological polar surface area (TPSA) is 69.1 Å². The minimum absolute atomic E-state index is 0.100. The summed E-state index contributed by atoms with van der Waals surface area (Å²) < 4.78 is 4.98. The molecule has 0 fully saturated rings. The van der Waals surface area contributed by atoms with Crippen LogP contribution in [0.1, 0.15) is 10.6 Å². The summed E-state index contributed by atoms with van der Waals surface area (Å²) in [5, 5.41) is 0.446. The maximum atomic E-state index is 11.0. The Labute approximate surface area is 90.7 Å². The number of nitrogens with two attached hydrogens (primary N) is 1. The highest BCUT2D eigenvalue weighted by Gasteiger charge is 2.15. The Kier molecular flexibility index (Phi) is 2.43. The third-order valence-corrected chi connectivity index (χ3v) is 2.25. The maximum absolute atomic E-state index is 11.0. The van der Waals surface area contributed by atoms with Crippen molar-refractivity contribution < 1.29 is 9.21 Å². The molecule has 0 unspecified atom stereocenters. The van der Waals surface area contributed by atoms with Gasteiger partial charge in [-0.05, 0) is 12.1 Å². The second-order valence-corrected chi connectivity index (χ2v) is 3.29. The number of pyridine rings is 1. The lowest BCUT2D eigenvalue weighted by Gasteiger charge is -2.01. The predicted octanol–water partition coefficient (Wildman–Crippen LogP) is 2.09. The first-order valence-electron chi connectivity index (χ1n) is 4.17. The van der Waals surface area contributed by atoms with Gasteiger partial charge in [0, 0.05) is 23.5 Å². The van der Waals surface area contributed by atoms with Gasteiger partial charge in [-0.15, -0.1) is 0 Å². The summed E-state index contributed by atoms with van der Waals surface area (Å²) in [5.41, 5.74) is 6.41. The minimum Gasteiger partial charge on any atom is -0.459 e. The van der Waals surface area contributed by atoms with Gasteiger partial charge in [0.05, 0.1) is 11.3 Å². The van der Waals surface area contributed by atoms with Crippen molar-refractivity contribution in [2.24, 2.45) is 5.73 Å². The number of rotatable bonds is 2. The van der Waals surface area contributed by atoms with Gasteiger partial charge in [0.25, 0.3) is 5.91 Å². The Morgan fingerprint density at radius 2 is 2.20 bits per heavy atom. The number of carbonyl (C=O) groups is 1. The van der Waals surface area contributed by atoms with Crippen molar-refractivity contribution in [3.8, 4) is 11.1 Å². The molecule has 2 aromatic heterocycles. The lowest BCUT2D eigenvalue weighted by atomic mass is 10.1. The van der Waals surface area contributed by atoms with E-state index in [1.807, 2.05) is 0 Å². The highest BCUT2D eigenvalue weighted by atomic mass is 35.5. The molecule has 4 nitrogen and oxygen atoms in total. The van der Waals surface area contributed by atoms with E-state index in [1.165, 1.54) is 12.5 Å². The van der Waals surface area contributed by atoms with Crippen LogP contribution >= 0.6 is 11.6 Å². The van der Waals surface area contributed by atoms with Gasteiger partial charge in [0.2, 0.25) is 0 Å². The highest BCUT2D eigenvalue weighted by molar-refractivity contribution is 6.33. The van der Waals surface area contributed by atoms with Crippen LogP contribution < -0.4 is 5.73 Å². The number of hydrogen-bond acceptors (Lipinski definition) is 3. The summed E-state index contributed by atoms with van der Waals surface area (Å²) in [6.45, 7) is 0. The van der Waals surface area contributed by atoms with Gasteiger partial charge in [0.1, 0.15) is 0 Å². The molecule has 0 aliphatic carbocycles. The number of nitrogens with zero attached hydrogens (tertiary/aromatic N) is 1. The molecule has 0 aliphatic heterocycles. The normalized spacial score (nSPS) is 10.2. The molecule has 0 aromatic carbocycles. The number of amides is 1. The average Bonchev–Trinajstić information content (AvgIpc) is 2.67. The average molecular weight is 223 g/mol. The number of carbonyl (C=O) groups excluding carboxylic acids is 1. The summed E-state index contributed by atoms with van der Waals surface area (Å²) in [6, 6.07) is 3.33. The molecule has 0 spiro atoms. The van der Waals surface area contributed by atoms with Gasteiger partial charge in [-0.3, -0.25) is 9.78 Å². The first-order valence-corrected chi connectivity index (χ1v) is 4.55. The Morgan fingerprint density at radius 3 is 2.87 bits per heavy atom. The summed E-state index contributed by atoms with van der Waals surface area (Å²) in [6.07, 6.45) is 4.47. The van der Waals surface area contributed by atoms with E-state index in [4.69, 9.17) is 21.8 Å². The minimum atomic E-state index is -0.622. The van der Waals surface area contributed by atoms with Crippen LogP contribution in [-0.4, -0.2) is 10.9 Å². The lowest BCUT2D eigenvalue weighted by molar-refractivity contribution is 0.0975. The standard InChI is InChI=1S/C10H7ClN2O2/c11-8-5-13-3-1-6(8)7-2-4-15-9(7)10(12)14/h1-5H,(H2,12,14). The van der Waals surface area contributed by atoms with Crippen molar-refractivity contribution in [1.29, 1.82) is 0 Å². The fraction of sp³-hybridized carbons (Fsp3) is 0. The molecule has 2 rings (SSSR count). The van der Waals surface area contributed by atoms with Crippen molar-refractivity contribution in [1.82, 2.24) is 4.98 Å². The molecular formula is C10H7ClN2O2. The number of furan rings is 1. The molecule has 5 heteroatoms. The molecule has 76 valence electrons. The van der Waals surface area contributed by atoms with Crippen LogP contribution in [0.15, 0.2) is 35.2 Å². The molecule has 1 amide bonds. The zero-order chi connectivity index (χ0) is 10.8. The molecule has 2 heterocycles. The molecule has 0 aliphatic rings. The molecule has 0 saturated carbocycles. The molecular weight excluding hydrogens is 216 g/mol. The van der Waals surface area contributed by atoms with Crippen molar-refractivity contribution in [2.75, 3.05) is 0 Å². The molecule has 2 aromatic rings. The Balaban J connectivity index is 2.59. The summed E-state index contributed by atoms with van der Waals surface area (Å²) in [5.74, 6) is -0.522. The Morgan fingerprint density at radius 1 is 1.40 bits per heavy atom. The number of halogens is 1. The molecule has 0 radical (unpaired) electrons. The number of aromatic nitrogens is 1. The largest absolute Gasteiger partial charge is 0.459 e. The summed E-state index contributed by atoms with van der Waals surface area (Å²) >= 11 is 5.94. The fourth-order valence-corrected chi connectivity index (χ4v) is 1.53. The molecule has 15 heavy (non-hydrogen) atoms. The van der Waals surface area contributed by atoms with Crippen LogP contribution in [0.25, 0.3) is 11.1 Å². The van der Waals surface area contributed by atoms with Gasteiger partial charge in [-0.25, -0.2) is 0 Å². The van der Waals surface area contributed by atoms with Gasteiger partial charge in [-0.1, -0.05) is 11.6 Å². The fourth-order valence-electron chi connectivity index (χ4n) is 1.31. The summed E-state index contributed by atoms with van der Waals surface area (Å²) in [7, 11) is 0. The van der Waals surface area contributed by atoms with Crippen molar-refractivity contribution in [3.05, 3.63) is 41.6 Å². The third-order valence-electron chi connectivity index (χ3n) is 1.95. The van der Waals surface area contributed by atoms with Crippen LogP contribution in [0.3, 0.4) is 0 Å². The van der Waals surface area contributed by atoms with E-state index in [0.717, 1.165) is 0 Å². The van der Waals surface area contributed by atoms with Crippen LogP contribution in [0.2, 0.25) is 5.02 Å². The summed E-state index contributed by atoms with van der Waals surface area (Å²) in [4.78, 5) is 14.9. The van der Waals surface area contributed by atoms with E-state index < -0.39 is 5.91 Å². The smallest absolute Gasteiger partial charge is 0.285 e. The highest BCUT2D eigenvalue weighted by Crippen LogP contribution is 2.30. The number of hydrogen-bond donors (Lipinski definition) is 1. The van der Waals surface area contributed by atoms with Crippen LogP contribution in [0.4, 0.5) is 0 Å². The Hall–Kier alpha value is -1.81. The molecule has 0 atom stereocenters. The second-order valence-electron chi connectivity index (χ2n) is 2.88. The SMILES string of the molecule is NC(=O)c1occc1-c1ccncc1Cl. The van der Waals surface area contributed by atoms with E-state index >= 15 is 0 Å². The van der Waals surface area contributed by atoms with Crippen molar-refractivity contribution in [3.63, 3.8) is 0 Å².